The fourth-order valence-corrected chi connectivity index (χ4v) is 3.86. The number of methoxy groups -OCH3 is 1. The van der Waals surface area contributed by atoms with Crippen LogP contribution in [0.5, 0.6) is 11.5 Å². The molecule has 158 valence electrons. The number of nitrogens with one attached hydrogen (secondary N) is 1. The Morgan fingerprint density at radius 2 is 2.27 bits per heavy atom. The van der Waals surface area contributed by atoms with Crippen LogP contribution < -0.4 is 9.47 Å². The molecule has 1 saturated heterocycles. The van der Waals surface area contributed by atoms with Crippen LogP contribution in [-0.2, 0) is 16.0 Å². The van der Waals surface area contributed by atoms with Gasteiger partial charge in [-0.05, 0) is 42.8 Å². The van der Waals surface area contributed by atoms with Crippen molar-refractivity contribution in [3.8, 4) is 11.5 Å². The van der Waals surface area contributed by atoms with Crippen LogP contribution in [0.3, 0.4) is 0 Å². The zero-order chi connectivity index (χ0) is 21.1. The molecule has 0 spiro atoms. The molecule has 1 atom stereocenters. The third-order valence-corrected chi connectivity index (χ3v) is 5.58. The number of carbonyl (C=O) groups excluding carboxylic acids is 1. The first-order valence-corrected chi connectivity index (χ1v) is 10.2. The van der Waals surface area contributed by atoms with Crippen LogP contribution in [0, 0.1) is 6.92 Å². The average Bonchev–Trinajstić information content (AvgIpc) is 3.07. The Morgan fingerprint density at radius 1 is 1.40 bits per heavy atom. The molecule has 4 rings (SSSR count). The summed E-state index contributed by atoms with van der Waals surface area (Å²) in [5.74, 6) is 1.34. The SMILES string of the molecule is COc1ccc2[nH]c(C)c(CC(=O)N3CCOC(COc4cccnc4Cl)C3)c2c1. The Labute approximate surface area is 179 Å². The lowest BCUT2D eigenvalue weighted by atomic mass is 10.1. The number of ether oxygens (including phenoxy) is 3. The van der Waals surface area contributed by atoms with Crippen LogP contribution in [0.4, 0.5) is 0 Å². The molecule has 0 bridgehead atoms. The highest BCUT2D eigenvalue weighted by Crippen LogP contribution is 2.27. The first kappa shape index (κ1) is 20.5. The van der Waals surface area contributed by atoms with E-state index < -0.39 is 0 Å². The number of benzene rings is 1. The van der Waals surface area contributed by atoms with E-state index in [4.69, 9.17) is 25.8 Å². The molecule has 3 aromatic rings. The van der Waals surface area contributed by atoms with Gasteiger partial charge in [0.1, 0.15) is 18.5 Å². The number of aromatic amines is 1. The summed E-state index contributed by atoms with van der Waals surface area (Å²) in [6.07, 6.45) is 1.71. The molecule has 2 aromatic heterocycles. The molecule has 1 unspecified atom stereocenters. The van der Waals surface area contributed by atoms with E-state index in [1.165, 1.54) is 0 Å². The summed E-state index contributed by atoms with van der Waals surface area (Å²) < 4.78 is 16.9. The van der Waals surface area contributed by atoms with Gasteiger partial charge in [0.15, 0.2) is 10.9 Å². The molecule has 1 aromatic carbocycles. The van der Waals surface area contributed by atoms with E-state index in [1.54, 1.807) is 25.4 Å². The summed E-state index contributed by atoms with van der Waals surface area (Å²) in [5, 5.41) is 1.33. The van der Waals surface area contributed by atoms with Crippen molar-refractivity contribution in [1.82, 2.24) is 14.9 Å². The number of nitrogens with zero attached hydrogens (tertiary/aromatic N) is 2. The minimum absolute atomic E-state index is 0.0644. The number of carbonyl (C=O) groups is 1. The maximum atomic E-state index is 13.0. The van der Waals surface area contributed by atoms with Gasteiger partial charge in [0.05, 0.1) is 26.7 Å². The van der Waals surface area contributed by atoms with Crippen molar-refractivity contribution in [3.63, 3.8) is 0 Å². The summed E-state index contributed by atoms with van der Waals surface area (Å²) in [4.78, 5) is 22.2. The standard InChI is InChI=1S/C22H24ClN3O4/c1-14-17(18-10-15(28-2)5-6-19(18)25-14)11-21(27)26-8-9-29-16(12-26)13-30-20-4-3-7-24-22(20)23/h3-7,10,16,25H,8-9,11-13H2,1-2H3. The van der Waals surface area contributed by atoms with Gasteiger partial charge in [-0.1, -0.05) is 11.6 Å². The second-order valence-corrected chi connectivity index (χ2v) is 7.61. The van der Waals surface area contributed by atoms with Crippen molar-refractivity contribution in [3.05, 3.63) is 52.9 Å². The van der Waals surface area contributed by atoms with Gasteiger partial charge < -0.3 is 24.1 Å². The Bertz CT molecular complexity index is 1050. The predicted molar refractivity (Wildman–Crippen MR) is 114 cm³/mol. The van der Waals surface area contributed by atoms with Crippen molar-refractivity contribution in [1.29, 1.82) is 0 Å². The second-order valence-electron chi connectivity index (χ2n) is 7.25. The van der Waals surface area contributed by atoms with Crippen LogP contribution in [0.15, 0.2) is 36.5 Å². The number of hydrogen-bond donors (Lipinski definition) is 1. The molecule has 30 heavy (non-hydrogen) atoms. The summed E-state index contributed by atoms with van der Waals surface area (Å²) in [7, 11) is 1.64. The van der Waals surface area contributed by atoms with Crippen molar-refractivity contribution < 1.29 is 19.0 Å². The zero-order valence-corrected chi connectivity index (χ0v) is 17.7. The summed E-state index contributed by atoms with van der Waals surface area (Å²) >= 11 is 6.03. The van der Waals surface area contributed by atoms with E-state index in [0.717, 1.165) is 27.9 Å². The third kappa shape index (κ3) is 4.37. The third-order valence-electron chi connectivity index (χ3n) is 5.30. The minimum atomic E-state index is -0.219. The number of halogens is 1. The van der Waals surface area contributed by atoms with E-state index >= 15 is 0 Å². The van der Waals surface area contributed by atoms with Crippen LogP contribution in [0.2, 0.25) is 5.15 Å². The molecule has 1 N–H and O–H groups in total. The Balaban J connectivity index is 1.42. The van der Waals surface area contributed by atoms with E-state index in [0.29, 0.717) is 43.6 Å². The molecule has 0 saturated carbocycles. The number of pyridine rings is 1. The average molecular weight is 430 g/mol. The van der Waals surface area contributed by atoms with Gasteiger partial charge in [-0.15, -0.1) is 0 Å². The number of fused-ring (bicyclic) bond motifs is 1. The summed E-state index contributed by atoms with van der Waals surface area (Å²) in [6.45, 7) is 3.80. The molecular formula is C22H24ClN3O4. The number of rotatable bonds is 6. The van der Waals surface area contributed by atoms with Gasteiger partial charge in [-0.3, -0.25) is 4.79 Å². The van der Waals surface area contributed by atoms with Crippen LogP contribution >= 0.6 is 11.6 Å². The lowest BCUT2D eigenvalue weighted by Gasteiger charge is -2.33. The maximum absolute atomic E-state index is 13.0. The largest absolute Gasteiger partial charge is 0.497 e. The van der Waals surface area contributed by atoms with Gasteiger partial charge in [0.2, 0.25) is 5.91 Å². The van der Waals surface area contributed by atoms with E-state index in [-0.39, 0.29) is 12.0 Å². The van der Waals surface area contributed by atoms with Crippen molar-refractivity contribution in [2.45, 2.75) is 19.4 Å². The van der Waals surface area contributed by atoms with Gasteiger partial charge in [0.25, 0.3) is 0 Å². The Morgan fingerprint density at radius 3 is 3.07 bits per heavy atom. The number of H-pyrrole nitrogens is 1. The lowest BCUT2D eigenvalue weighted by molar-refractivity contribution is -0.139. The molecule has 1 fully saturated rings. The van der Waals surface area contributed by atoms with Gasteiger partial charge in [-0.25, -0.2) is 4.98 Å². The highest BCUT2D eigenvalue weighted by molar-refractivity contribution is 6.30. The minimum Gasteiger partial charge on any atom is -0.497 e. The fraction of sp³-hybridized carbons (Fsp3) is 0.364. The number of morpholine rings is 1. The van der Waals surface area contributed by atoms with Crippen LogP contribution in [-0.4, -0.2) is 60.3 Å². The van der Waals surface area contributed by atoms with Gasteiger partial charge >= 0.3 is 0 Å². The molecule has 1 aliphatic rings. The normalized spacial score (nSPS) is 16.6. The topological polar surface area (TPSA) is 76.7 Å². The number of hydrogen-bond acceptors (Lipinski definition) is 5. The monoisotopic (exact) mass is 429 g/mol. The highest BCUT2D eigenvalue weighted by Gasteiger charge is 2.26. The van der Waals surface area contributed by atoms with E-state index in [1.807, 2.05) is 30.0 Å². The number of aryl methyl sites for hydroxylation is 1. The number of aromatic nitrogens is 2. The van der Waals surface area contributed by atoms with E-state index in [2.05, 4.69) is 9.97 Å². The highest BCUT2D eigenvalue weighted by atomic mass is 35.5. The molecule has 3 heterocycles. The molecule has 1 aliphatic heterocycles. The van der Waals surface area contributed by atoms with Crippen LogP contribution in [0.25, 0.3) is 10.9 Å². The Hall–Kier alpha value is -2.77. The summed E-state index contributed by atoms with van der Waals surface area (Å²) in [5.41, 5.74) is 2.99. The Kier molecular flexibility index (Phi) is 6.11. The van der Waals surface area contributed by atoms with Gasteiger partial charge in [-0.2, -0.15) is 0 Å². The molecule has 0 aliphatic carbocycles. The quantitative estimate of drug-likeness (QED) is 0.608. The van der Waals surface area contributed by atoms with Gasteiger partial charge in [0, 0.05) is 29.3 Å². The predicted octanol–water partition coefficient (Wildman–Crippen LogP) is 3.38. The maximum Gasteiger partial charge on any atom is 0.227 e. The van der Waals surface area contributed by atoms with Crippen molar-refractivity contribution in [2.24, 2.45) is 0 Å². The van der Waals surface area contributed by atoms with Crippen molar-refractivity contribution >= 4 is 28.4 Å². The van der Waals surface area contributed by atoms with E-state index in [9.17, 15) is 4.79 Å². The van der Waals surface area contributed by atoms with Crippen LogP contribution in [0.1, 0.15) is 11.3 Å². The first-order chi connectivity index (χ1) is 14.5. The lowest BCUT2D eigenvalue weighted by Crippen LogP contribution is -2.48. The zero-order valence-electron chi connectivity index (χ0n) is 17.0. The molecule has 0 radical (unpaired) electrons. The summed E-state index contributed by atoms with van der Waals surface area (Å²) in [6, 6.07) is 9.37. The molecular weight excluding hydrogens is 406 g/mol. The molecule has 1 amide bonds. The van der Waals surface area contributed by atoms with Crippen molar-refractivity contribution in [2.75, 3.05) is 33.4 Å². The number of amides is 1. The second kappa shape index (κ2) is 8.93. The molecule has 7 nitrogen and oxygen atoms in total. The molecule has 8 heteroatoms. The smallest absolute Gasteiger partial charge is 0.227 e. The fourth-order valence-electron chi connectivity index (χ4n) is 3.69. The first-order valence-electron chi connectivity index (χ1n) is 9.83.